The van der Waals surface area contributed by atoms with E-state index in [1.54, 1.807) is 11.8 Å². The van der Waals surface area contributed by atoms with E-state index in [-0.39, 0.29) is 22.9 Å². The lowest BCUT2D eigenvalue weighted by atomic mass is 10.2. The van der Waals surface area contributed by atoms with Gasteiger partial charge in [0.25, 0.3) is 5.91 Å². The second-order valence-corrected chi connectivity index (χ2v) is 4.69. The normalized spacial score (nSPS) is 14.7. The number of rotatable bonds is 4. The van der Waals surface area contributed by atoms with Crippen molar-refractivity contribution in [1.29, 1.82) is 0 Å². The number of aryl methyl sites for hydroxylation is 1. The summed E-state index contributed by atoms with van der Waals surface area (Å²) < 4.78 is 0. The molecule has 2 rings (SSSR count). The zero-order valence-corrected chi connectivity index (χ0v) is 10.5. The summed E-state index contributed by atoms with van der Waals surface area (Å²) >= 11 is 5.68. The number of pyridine rings is 1. The quantitative estimate of drug-likeness (QED) is 0.829. The maximum atomic E-state index is 12.2. The Balaban J connectivity index is 2.25. The number of H-pyrrole nitrogens is 1. The SMILES string of the molecule is Cc1cc(=O)c(C(=O)N(CCCl)C2CC2)c[nH]1. The molecule has 1 fully saturated rings. The lowest BCUT2D eigenvalue weighted by Crippen LogP contribution is -2.37. The summed E-state index contributed by atoms with van der Waals surface area (Å²) in [6, 6.07) is 1.71. The molecule has 0 unspecified atom stereocenters. The van der Waals surface area contributed by atoms with Crippen LogP contribution in [-0.2, 0) is 0 Å². The van der Waals surface area contributed by atoms with Crippen LogP contribution in [0.5, 0.6) is 0 Å². The van der Waals surface area contributed by atoms with Crippen molar-refractivity contribution >= 4 is 17.5 Å². The molecular formula is C12H15ClN2O2. The first-order valence-corrected chi connectivity index (χ1v) is 6.23. The Hall–Kier alpha value is -1.29. The predicted octanol–water partition coefficient (Wildman–Crippen LogP) is 1.53. The molecule has 1 aromatic heterocycles. The summed E-state index contributed by atoms with van der Waals surface area (Å²) in [6.45, 7) is 2.28. The number of aromatic amines is 1. The van der Waals surface area contributed by atoms with E-state index in [4.69, 9.17) is 11.6 Å². The van der Waals surface area contributed by atoms with E-state index in [9.17, 15) is 9.59 Å². The molecule has 17 heavy (non-hydrogen) atoms. The number of hydrogen-bond acceptors (Lipinski definition) is 2. The number of nitrogens with zero attached hydrogens (tertiary/aromatic N) is 1. The first-order chi connectivity index (χ1) is 8.13. The summed E-state index contributed by atoms with van der Waals surface area (Å²) in [7, 11) is 0. The third-order valence-corrected chi connectivity index (χ3v) is 3.03. The van der Waals surface area contributed by atoms with Gasteiger partial charge in [0.1, 0.15) is 5.56 Å². The van der Waals surface area contributed by atoms with Gasteiger partial charge < -0.3 is 9.88 Å². The van der Waals surface area contributed by atoms with Crippen molar-refractivity contribution in [3.05, 3.63) is 33.7 Å². The molecule has 0 atom stereocenters. The lowest BCUT2D eigenvalue weighted by Gasteiger charge is -2.20. The highest BCUT2D eigenvalue weighted by molar-refractivity contribution is 6.18. The van der Waals surface area contributed by atoms with Crippen molar-refractivity contribution in [2.45, 2.75) is 25.8 Å². The van der Waals surface area contributed by atoms with Crippen LogP contribution in [0, 0.1) is 6.92 Å². The largest absolute Gasteiger partial charge is 0.364 e. The second-order valence-electron chi connectivity index (χ2n) is 4.31. The molecule has 1 aromatic rings. The highest BCUT2D eigenvalue weighted by Crippen LogP contribution is 2.27. The molecule has 0 radical (unpaired) electrons. The fourth-order valence-electron chi connectivity index (χ4n) is 1.82. The first-order valence-electron chi connectivity index (χ1n) is 5.69. The monoisotopic (exact) mass is 254 g/mol. The Morgan fingerprint density at radius 3 is 2.82 bits per heavy atom. The molecule has 1 N–H and O–H groups in total. The van der Waals surface area contributed by atoms with Crippen LogP contribution in [0.2, 0.25) is 0 Å². The molecule has 0 saturated heterocycles. The molecule has 1 saturated carbocycles. The fraction of sp³-hybridized carbons (Fsp3) is 0.500. The molecule has 0 aromatic carbocycles. The third-order valence-electron chi connectivity index (χ3n) is 2.86. The van der Waals surface area contributed by atoms with Crippen LogP contribution in [0.1, 0.15) is 28.9 Å². The van der Waals surface area contributed by atoms with Crippen molar-refractivity contribution in [3.8, 4) is 0 Å². The smallest absolute Gasteiger partial charge is 0.259 e. The van der Waals surface area contributed by atoms with Gasteiger partial charge in [-0.25, -0.2) is 0 Å². The van der Waals surface area contributed by atoms with Crippen LogP contribution in [0.25, 0.3) is 0 Å². The Morgan fingerprint density at radius 2 is 2.29 bits per heavy atom. The van der Waals surface area contributed by atoms with Crippen LogP contribution >= 0.6 is 11.6 Å². The van der Waals surface area contributed by atoms with E-state index in [1.165, 1.54) is 12.3 Å². The van der Waals surface area contributed by atoms with Crippen LogP contribution in [0.3, 0.4) is 0 Å². The number of alkyl halides is 1. The number of nitrogens with one attached hydrogen (secondary N) is 1. The standard InChI is InChI=1S/C12H15ClN2O2/c1-8-6-11(16)10(7-14-8)12(17)15(5-4-13)9-2-3-9/h6-7,9H,2-5H2,1H3,(H,14,16). The van der Waals surface area contributed by atoms with Crippen LogP contribution in [0.15, 0.2) is 17.1 Å². The Morgan fingerprint density at radius 1 is 1.59 bits per heavy atom. The second kappa shape index (κ2) is 4.92. The Bertz CT molecular complexity index is 480. The molecule has 1 aliphatic rings. The summed E-state index contributed by atoms with van der Waals surface area (Å²) in [5.41, 5.74) is 0.723. The maximum Gasteiger partial charge on any atom is 0.259 e. The number of carbonyl (C=O) groups is 1. The van der Waals surface area contributed by atoms with Crippen molar-refractivity contribution in [1.82, 2.24) is 9.88 Å². The van der Waals surface area contributed by atoms with Gasteiger partial charge in [0.2, 0.25) is 0 Å². The van der Waals surface area contributed by atoms with Gasteiger partial charge in [0, 0.05) is 36.4 Å². The van der Waals surface area contributed by atoms with Gasteiger partial charge in [-0.15, -0.1) is 11.6 Å². The summed E-state index contributed by atoms with van der Waals surface area (Å²) in [5.74, 6) is 0.181. The number of hydrogen-bond donors (Lipinski definition) is 1. The number of carbonyl (C=O) groups excluding carboxylic acids is 1. The highest BCUT2D eigenvalue weighted by atomic mass is 35.5. The summed E-state index contributed by atoms with van der Waals surface area (Å²) in [4.78, 5) is 28.5. The van der Waals surface area contributed by atoms with E-state index in [0.29, 0.717) is 12.4 Å². The molecule has 0 aliphatic heterocycles. The van der Waals surface area contributed by atoms with Crippen molar-refractivity contribution in [2.75, 3.05) is 12.4 Å². The summed E-state index contributed by atoms with van der Waals surface area (Å²) in [6.07, 6.45) is 3.50. The van der Waals surface area contributed by atoms with Gasteiger partial charge in [-0.3, -0.25) is 9.59 Å². The molecule has 1 aliphatic carbocycles. The maximum absolute atomic E-state index is 12.2. The average molecular weight is 255 g/mol. The molecule has 1 amide bonds. The van der Waals surface area contributed by atoms with Crippen LogP contribution in [0.4, 0.5) is 0 Å². The van der Waals surface area contributed by atoms with E-state index >= 15 is 0 Å². The van der Waals surface area contributed by atoms with Gasteiger partial charge in [-0.2, -0.15) is 0 Å². The minimum absolute atomic E-state index is 0.201. The molecule has 0 spiro atoms. The number of halogens is 1. The van der Waals surface area contributed by atoms with Gasteiger partial charge in [-0.05, 0) is 19.8 Å². The van der Waals surface area contributed by atoms with E-state index in [0.717, 1.165) is 18.5 Å². The van der Waals surface area contributed by atoms with Crippen LogP contribution < -0.4 is 5.43 Å². The van der Waals surface area contributed by atoms with Crippen LogP contribution in [-0.4, -0.2) is 34.3 Å². The van der Waals surface area contributed by atoms with E-state index in [2.05, 4.69) is 4.98 Å². The minimum atomic E-state index is -0.230. The summed E-state index contributed by atoms with van der Waals surface area (Å²) in [5, 5.41) is 0. The fourth-order valence-corrected chi connectivity index (χ4v) is 2.00. The van der Waals surface area contributed by atoms with Crippen molar-refractivity contribution in [2.24, 2.45) is 0 Å². The van der Waals surface area contributed by atoms with Gasteiger partial charge in [0.05, 0.1) is 0 Å². The van der Waals surface area contributed by atoms with Gasteiger partial charge >= 0.3 is 0 Å². The van der Waals surface area contributed by atoms with Crippen molar-refractivity contribution in [3.63, 3.8) is 0 Å². The molecule has 1 heterocycles. The highest BCUT2D eigenvalue weighted by Gasteiger charge is 2.33. The molecule has 4 nitrogen and oxygen atoms in total. The molecule has 0 bridgehead atoms. The molecular weight excluding hydrogens is 240 g/mol. The third kappa shape index (κ3) is 2.69. The number of aromatic nitrogens is 1. The predicted molar refractivity (Wildman–Crippen MR) is 66.6 cm³/mol. The molecule has 92 valence electrons. The zero-order chi connectivity index (χ0) is 12.4. The van der Waals surface area contributed by atoms with E-state index in [1.807, 2.05) is 0 Å². The minimum Gasteiger partial charge on any atom is -0.364 e. The Kier molecular flexibility index (Phi) is 3.52. The Labute approximate surface area is 105 Å². The van der Waals surface area contributed by atoms with Crippen molar-refractivity contribution < 1.29 is 4.79 Å². The first kappa shape index (κ1) is 12.2. The van der Waals surface area contributed by atoms with Gasteiger partial charge in [0.15, 0.2) is 5.43 Å². The topological polar surface area (TPSA) is 53.2 Å². The number of amides is 1. The average Bonchev–Trinajstić information content (AvgIpc) is 3.09. The van der Waals surface area contributed by atoms with E-state index < -0.39 is 0 Å². The van der Waals surface area contributed by atoms with Gasteiger partial charge in [-0.1, -0.05) is 0 Å². The zero-order valence-electron chi connectivity index (χ0n) is 9.70. The lowest BCUT2D eigenvalue weighted by molar-refractivity contribution is 0.0752. The molecule has 5 heteroatoms.